The number of terminal acetylenes is 1. The number of hydrogen-bond donors (Lipinski definition) is 1. The molecule has 1 aliphatic rings. The van der Waals surface area contributed by atoms with E-state index in [4.69, 9.17) is 6.42 Å². The highest BCUT2D eigenvalue weighted by Crippen LogP contribution is 2.29. The van der Waals surface area contributed by atoms with E-state index in [0.717, 1.165) is 0 Å². The third-order valence-corrected chi connectivity index (χ3v) is 3.52. The first-order valence-corrected chi connectivity index (χ1v) is 6.46. The van der Waals surface area contributed by atoms with Gasteiger partial charge in [-0.15, -0.1) is 6.42 Å². The van der Waals surface area contributed by atoms with Crippen LogP contribution in [0.2, 0.25) is 0 Å². The Morgan fingerprint density at radius 1 is 1.29 bits per heavy atom. The quantitative estimate of drug-likeness (QED) is 0.602. The minimum atomic E-state index is -0.234. The van der Waals surface area contributed by atoms with Crippen molar-refractivity contribution in [2.45, 2.75) is 51.1 Å². The topological polar surface area (TPSA) is 12.0 Å². The minimum Gasteiger partial charge on any atom is -0.295 e. The molecule has 0 spiro atoms. The Bertz CT molecular complexity index is 425. The van der Waals surface area contributed by atoms with Crippen molar-refractivity contribution in [1.82, 2.24) is 5.32 Å². The van der Waals surface area contributed by atoms with E-state index in [2.05, 4.69) is 49.4 Å². The summed E-state index contributed by atoms with van der Waals surface area (Å²) in [5.74, 6) is 2.83. The molecular weight excluding hydrogens is 206 g/mol. The van der Waals surface area contributed by atoms with Crippen LogP contribution in [0.1, 0.15) is 50.3 Å². The van der Waals surface area contributed by atoms with Crippen LogP contribution in [0.15, 0.2) is 24.3 Å². The molecule has 1 heteroatoms. The van der Waals surface area contributed by atoms with Crippen molar-refractivity contribution in [3.8, 4) is 12.3 Å². The molecule has 1 N–H and O–H groups in total. The monoisotopic (exact) mass is 227 g/mol. The van der Waals surface area contributed by atoms with E-state index in [0.29, 0.717) is 6.04 Å². The molecule has 0 amide bonds. The number of hydrogen-bond acceptors (Lipinski definition) is 1. The van der Waals surface area contributed by atoms with Gasteiger partial charge in [0.2, 0.25) is 0 Å². The number of benzene rings is 1. The van der Waals surface area contributed by atoms with Gasteiger partial charge in [0, 0.05) is 6.04 Å². The van der Waals surface area contributed by atoms with Gasteiger partial charge in [-0.3, -0.25) is 5.32 Å². The Balaban J connectivity index is 2.27. The molecule has 2 rings (SSSR count). The van der Waals surface area contributed by atoms with Crippen molar-refractivity contribution in [1.29, 1.82) is 0 Å². The fourth-order valence-electron chi connectivity index (χ4n) is 2.55. The fourth-order valence-corrected chi connectivity index (χ4v) is 2.55. The van der Waals surface area contributed by atoms with Gasteiger partial charge in [-0.25, -0.2) is 0 Å². The molecule has 0 radical (unpaired) electrons. The van der Waals surface area contributed by atoms with Gasteiger partial charge in [0.25, 0.3) is 0 Å². The average Bonchev–Trinajstić information content (AvgIpc) is 2.52. The zero-order valence-electron chi connectivity index (χ0n) is 10.8. The van der Waals surface area contributed by atoms with Crippen LogP contribution >= 0.6 is 0 Å². The maximum absolute atomic E-state index is 5.57. The molecule has 0 saturated heterocycles. The minimum absolute atomic E-state index is 0.234. The standard InChI is InChI=1S/C16H21N/c1-4-16(2,3)17-15-12-8-6-10-13-9-5-7-11-14(13)15/h1,5,7,9,11,15,17H,6,8,10,12H2,2-3H3. The molecule has 0 aliphatic heterocycles. The van der Waals surface area contributed by atoms with Crippen LogP contribution < -0.4 is 5.32 Å². The molecule has 0 aromatic heterocycles. The molecule has 90 valence electrons. The van der Waals surface area contributed by atoms with Crippen molar-refractivity contribution in [3.63, 3.8) is 0 Å². The Kier molecular flexibility index (Phi) is 3.54. The lowest BCUT2D eigenvalue weighted by Crippen LogP contribution is -2.40. The van der Waals surface area contributed by atoms with Gasteiger partial charge in [-0.05, 0) is 44.2 Å². The first-order chi connectivity index (χ1) is 8.12. The second-order valence-corrected chi connectivity index (χ2v) is 5.41. The van der Waals surface area contributed by atoms with Crippen molar-refractivity contribution < 1.29 is 0 Å². The lowest BCUT2D eigenvalue weighted by molar-refractivity contribution is 0.391. The van der Waals surface area contributed by atoms with Gasteiger partial charge in [0.1, 0.15) is 0 Å². The van der Waals surface area contributed by atoms with Crippen molar-refractivity contribution in [2.24, 2.45) is 0 Å². The second-order valence-electron chi connectivity index (χ2n) is 5.41. The molecule has 0 saturated carbocycles. The summed E-state index contributed by atoms with van der Waals surface area (Å²) >= 11 is 0. The van der Waals surface area contributed by atoms with E-state index in [1.165, 1.54) is 36.8 Å². The Morgan fingerprint density at radius 2 is 2.06 bits per heavy atom. The molecule has 17 heavy (non-hydrogen) atoms. The highest BCUT2D eigenvalue weighted by Gasteiger charge is 2.23. The Labute approximate surface area is 105 Å². The molecule has 0 heterocycles. The first-order valence-electron chi connectivity index (χ1n) is 6.46. The van der Waals surface area contributed by atoms with E-state index in [1.807, 2.05) is 0 Å². The van der Waals surface area contributed by atoms with E-state index >= 15 is 0 Å². The van der Waals surface area contributed by atoms with Crippen LogP contribution in [0.4, 0.5) is 0 Å². The first kappa shape index (κ1) is 12.2. The van der Waals surface area contributed by atoms with Gasteiger partial charge in [-0.1, -0.05) is 36.6 Å². The van der Waals surface area contributed by atoms with E-state index in [-0.39, 0.29) is 5.54 Å². The van der Waals surface area contributed by atoms with Crippen molar-refractivity contribution >= 4 is 0 Å². The van der Waals surface area contributed by atoms with Gasteiger partial charge in [0.15, 0.2) is 0 Å². The van der Waals surface area contributed by atoms with Gasteiger partial charge < -0.3 is 0 Å². The SMILES string of the molecule is C#CC(C)(C)NC1CCCCc2ccccc21. The molecule has 1 unspecified atom stereocenters. The summed E-state index contributed by atoms with van der Waals surface area (Å²) in [6, 6.07) is 9.15. The lowest BCUT2D eigenvalue weighted by atomic mass is 9.96. The summed E-state index contributed by atoms with van der Waals surface area (Å²) in [7, 11) is 0. The predicted molar refractivity (Wildman–Crippen MR) is 72.8 cm³/mol. The molecule has 0 fully saturated rings. The maximum Gasteiger partial charge on any atom is 0.0746 e. The Morgan fingerprint density at radius 3 is 2.82 bits per heavy atom. The van der Waals surface area contributed by atoms with Crippen molar-refractivity contribution in [2.75, 3.05) is 0 Å². The van der Waals surface area contributed by atoms with Crippen LogP contribution in [0.5, 0.6) is 0 Å². The molecular formula is C16H21N. The number of rotatable bonds is 2. The average molecular weight is 227 g/mol. The third kappa shape index (κ3) is 2.90. The van der Waals surface area contributed by atoms with Crippen LogP contribution in [0.25, 0.3) is 0 Å². The fraction of sp³-hybridized carbons (Fsp3) is 0.500. The molecule has 0 bridgehead atoms. The Hall–Kier alpha value is -1.26. The summed E-state index contributed by atoms with van der Waals surface area (Å²) in [5.41, 5.74) is 2.69. The second kappa shape index (κ2) is 4.94. The third-order valence-electron chi connectivity index (χ3n) is 3.52. The largest absolute Gasteiger partial charge is 0.295 e. The molecule has 1 aromatic rings. The van der Waals surface area contributed by atoms with E-state index in [1.54, 1.807) is 0 Å². The zero-order chi connectivity index (χ0) is 12.3. The molecule has 1 aromatic carbocycles. The van der Waals surface area contributed by atoms with E-state index < -0.39 is 0 Å². The number of fused-ring (bicyclic) bond motifs is 1. The maximum atomic E-state index is 5.57. The van der Waals surface area contributed by atoms with Crippen LogP contribution in [0, 0.1) is 12.3 Å². The number of nitrogens with one attached hydrogen (secondary N) is 1. The number of aryl methyl sites for hydroxylation is 1. The summed E-state index contributed by atoms with van der Waals surface area (Å²) in [6.07, 6.45) is 10.5. The lowest BCUT2D eigenvalue weighted by Gasteiger charge is -2.28. The smallest absolute Gasteiger partial charge is 0.0746 e. The van der Waals surface area contributed by atoms with Gasteiger partial charge in [-0.2, -0.15) is 0 Å². The molecule has 1 aliphatic carbocycles. The normalized spacial score (nSPS) is 20.2. The van der Waals surface area contributed by atoms with E-state index in [9.17, 15) is 0 Å². The van der Waals surface area contributed by atoms with Gasteiger partial charge in [0.05, 0.1) is 5.54 Å². The van der Waals surface area contributed by atoms with Gasteiger partial charge >= 0.3 is 0 Å². The predicted octanol–water partition coefficient (Wildman–Crippen LogP) is 3.46. The highest BCUT2D eigenvalue weighted by atomic mass is 15.0. The van der Waals surface area contributed by atoms with Crippen LogP contribution in [-0.4, -0.2) is 5.54 Å². The zero-order valence-corrected chi connectivity index (χ0v) is 10.8. The van der Waals surface area contributed by atoms with Crippen molar-refractivity contribution in [3.05, 3.63) is 35.4 Å². The summed E-state index contributed by atoms with van der Waals surface area (Å²) < 4.78 is 0. The summed E-state index contributed by atoms with van der Waals surface area (Å²) in [6.45, 7) is 4.14. The van der Waals surface area contributed by atoms with Crippen LogP contribution in [0.3, 0.4) is 0 Å². The molecule has 1 nitrogen and oxygen atoms in total. The van der Waals surface area contributed by atoms with Crippen LogP contribution in [-0.2, 0) is 6.42 Å². The summed E-state index contributed by atoms with van der Waals surface area (Å²) in [5, 5.41) is 3.60. The summed E-state index contributed by atoms with van der Waals surface area (Å²) in [4.78, 5) is 0. The molecule has 1 atom stereocenters. The highest BCUT2D eigenvalue weighted by molar-refractivity contribution is 5.32.